The van der Waals surface area contributed by atoms with Crippen LogP contribution in [0.15, 0.2) is 24.3 Å². The van der Waals surface area contributed by atoms with E-state index >= 15 is 0 Å². The van der Waals surface area contributed by atoms with Crippen molar-refractivity contribution in [3.05, 3.63) is 35.4 Å². The normalized spacial score (nSPS) is 9.20. The second-order valence-electron chi connectivity index (χ2n) is 3.14. The van der Waals surface area contributed by atoms with Gasteiger partial charge in [0, 0.05) is 0 Å². The van der Waals surface area contributed by atoms with E-state index in [1.165, 1.54) is 0 Å². The molecule has 1 aromatic rings. The quantitative estimate of drug-likeness (QED) is 0.477. The Kier molecular flexibility index (Phi) is 7.70. The first kappa shape index (κ1) is 14.6. The predicted molar refractivity (Wildman–Crippen MR) is 60.2 cm³/mol. The number of rotatable bonds is 4. The molecule has 0 aliphatic rings. The molecule has 4 heteroatoms. The Hall–Kier alpha value is -0.350. The van der Waals surface area contributed by atoms with Gasteiger partial charge < -0.3 is 0 Å². The number of carbonyl (C=O) groups is 1. The van der Waals surface area contributed by atoms with Gasteiger partial charge >= 0.3 is 35.5 Å². The van der Waals surface area contributed by atoms with Gasteiger partial charge in [-0.2, -0.15) is 5.26 Å². The van der Waals surface area contributed by atoms with E-state index < -0.39 is 5.97 Å². The van der Waals surface area contributed by atoms with Gasteiger partial charge in [-0.1, -0.05) is 31.5 Å². The minimum atomic E-state index is -0.684. The van der Waals surface area contributed by atoms with Crippen molar-refractivity contribution in [2.75, 3.05) is 0 Å². The van der Waals surface area contributed by atoms with Crippen molar-refractivity contribution in [3.8, 4) is 0 Å². The van der Waals surface area contributed by atoms with E-state index in [1.54, 1.807) is 12.1 Å². The molecule has 3 nitrogen and oxygen atoms in total. The van der Waals surface area contributed by atoms with Gasteiger partial charge in [-0.05, 0) is 24.5 Å². The van der Waals surface area contributed by atoms with Crippen LogP contribution in [0.1, 0.15) is 35.7 Å². The first-order valence-corrected chi connectivity index (χ1v) is 4.73. The molecule has 0 atom stereocenters. The van der Waals surface area contributed by atoms with Gasteiger partial charge in [-0.15, -0.1) is 0 Å². The van der Waals surface area contributed by atoms with E-state index in [2.05, 4.69) is 11.8 Å². The Balaban J connectivity index is 0.00000196. The standard InChI is InChI=1S/C11H14O3.Na.H/c1-2-3-6-9-7-4-5-8-10(9)11(12)14-13;;/h4-5,7-8,13H,2-3,6H2,1H3;;. The van der Waals surface area contributed by atoms with Crippen molar-refractivity contribution in [3.63, 3.8) is 0 Å². The van der Waals surface area contributed by atoms with Crippen LogP contribution in [0.4, 0.5) is 0 Å². The third kappa shape index (κ3) is 4.34. The Morgan fingerprint density at radius 2 is 2.07 bits per heavy atom. The van der Waals surface area contributed by atoms with Crippen LogP contribution in [0.5, 0.6) is 0 Å². The number of hydrogen-bond acceptors (Lipinski definition) is 3. The molecule has 1 rings (SSSR count). The van der Waals surface area contributed by atoms with Crippen LogP contribution >= 0.6 is 0 Å². The number of aryl methyl sites for hydroxylation is 1. The average molecular weight is 218 g/mol. The molecular formula is C11H15NaO3. The fourth-order valence-electron chi connectivity index (χ4n) is 1.35. The molecule has 15 heavy (non-hydrogen) atoms. The zero-order valence-corrected chi connectivity index (χ0v) is 8.19. The van der Waals surface area contributed by atoms with Crippen molar-refractivity contribution in [1.82, 2.24) is 0 Å². The summed E-state index contributed by atoms with van der Waals surface area (Å²) in [5, 5.41) is 8.29. The van der Waals surface area contributed by atoms with E-state index in [0.717, 1.165) is 24.8 Å². The van der Waals surface area contributed by atoms with Crippen LogP contribution in [0.3, 0.4) is 0 Å². The van der Waals surface area contributed by atoms with E-state index in [-0.39, 0.29) is 29.6 Å². The average Bonchev–Trinajstić information content (AvgIpc) is 2.25. The second kappa shape index (κ2) is 7.88. The Morgan fingerprint density at radius 1 is 1.40 bits per heavy atom. The molecule has 78 valence electrons. The third-order valence-corrected chi connectivity index (χ3v) is 2.12. The summed E-state index contributed by atoms with van der Waals surface area (Å²) in [5.41, 5.74) is 1.37. The van der Waals surface area contributed by atoms with Crippen molar-refractivity contribution in [1.29, 1.82) is 0 Å². The molecule has 0 unspecified atom stereocenters. The Morgan fingerprint density at radius 3 is 2.67 bits per heavy atom. The summed E-state index contributed by atoms with van der Waals surface area (Å²) >= 11 is 0. The molecule has 0 bridgehead atoms. The van der Waals surface area contributed by atoms with E-state index in [9.17, 15) is 4.79 Å². The molecule has 0 fully saturated rings. The van der Waals surface area contributed by atoms with Crippen molar-refractivity contribution < 1.29 is 14.9 Å². The molecule has 0 heterocycles. The second-order valence-corrected chi connectivity index (χ2v) is 3.14. The zero-order valence-electron chi connectivity index (χ0n) is 8.19. The zero-order chi connectivity index (χ0) is 10.4. The molecule has 1 N–H and O–H groups in total. The first-order valence-electron chi connectivity index (χ1n) is 4.73. The molecule has 0 radical (unpaired) electrons. The summed E-state index contributed by atoms with van der Waals surface area (Å²) in [6, 6.07) is 7.16. The number of carbonyl (C=O) groups excluding carboxylic acids is 1. The SMILES string of the molecule is CCCCc1ccccc1C(=O)OO.[NaH]. The predicted octanol–water partition coefficient (Wildman–Crippen LogP) is 2.01. The monoisotopic (exact) mass is 218 g/mol. The number of unbranched alkanes of at least 4 members (excludes halogenated alkanes) is 1. The van der Waals surface area contributed by atoms with Gasteiger partial charge in [0.2, 0.25) is 0 Å². The summed E-state index contributed by atoms with van der Waals surface area (Å²) in [7, 11) is 0. The van der Waals surface area contributed by atoms with Gasteiger partial charge in [0.15, 0.2) is 0 Å². The van der Waals surface area contributed by atoms with Crippen molar-refractivity contribution in [2.24, 2.45) is 0 Å². The van der Waals surface area contributed by atoms with Crippen LogP contribution in [0.25, 0.3) is 0 Å². The third-order valence-electron chi connectivity index (χ3n) is 2.12. The van der Waals surface area contributed by atoms with Crippen LogP contribution in [-0.2, 0) is 11.3 Å². The minimum absolute atomic E-state index is 0. The molecule has 0 spiro atoms. The van der Waals surface area contributed by atoms with E-state index in [4.69, 9.17) is 5.26 Å². The van der Waals surface area contributed by atoms with Gasteiger partial charge in [0.05, 0.1) is 5.56 Å². The van der Waals surface area contributed by atoms with Crippen LogP contribution in [-0.4, -0.2) is 40.8 Å². The molecule has 1 aromatic carbocycles. The van der Waals surface area contributed by atoms with Crippen LogP contribution < -0.4 is 0 Å². The number of hydrogen-bond donors (Lipinski definition) is 1. The summed E-state index contributed by atoms with van der Waals surface area (Å²) < 4.78 is 0. The summed E-state index contributed by atoms with van der Waals surface area (Å²) in [4.78, 5) is 14.8. The molecular weight excluding hydrogens is 203 g/mol. The molecule has 0 amide bonds. The molecule has 0 aliphatic heterocycles. The summed E-state index contributed by atoms with van der Waals surface area (Å²) in [6.07, 6.45) is 2.93. The maximum absolute atomic E-state index is 11.1. The van der Waals surface area contributed by atoms with Gasteiger partial charge in [-0.3, -0.25) is 4.89 Å². The molecule has 0 saturated carbocycles. The van der Waals surface area contributed by atoms with Crippen molar-refractivity contribution in [2.45, 2.75) is 26.2 Å². The van der Waals surface area contributed by atoms with E-state index in [0.29, 0.717) is 5.56 Å². The maximum atomic E-state index is 11.1. The van der Waals surface area contributed by atoms with Gasteiger partial charge in [-0.25, -0.2) is 4.79 Å². The fourth-order valence-corrected chi connectivity index (χ4v) is 1.35. The van der Waals surface area contributed by atoms with Crippen molar-refractivity contribution >= 4 is 35.5 Å². The first-order chi connectivity index (χ1) is 6.79. The number of benzene rings is 1. The molecule has 0 saturated heterocycles. The van der Waals surface area contributed by atoms with E-state index in [1.807, 2.05) is 12.1 Å². The van der Waals surface area contributed by atoms with Crippen LogP contribution in [0.2, 0.25) is 0 Å². The van der Waals surface area contributed by atoms with Gasteiger partial charge in [0.25, 0.3) is 0 Å². The Labute approximate surface area is 112 Å². The van der Waals surface area contributed by atoms with Gasteiger partial charge in [0.1, 0.15) is 0 Å². The fraction of sp³-hybridized carbons (Fsp3) is 0.364. The topological polar surface area (TPSA) is 46.5 Å². The molecule has 0 aliphatic carbocycles. The summed E-state index contributed by atoms with van der Waals surface area (Å²) in [5.74, 6) is -0.684. The molecule has 0 aromatic heterocycles. The summed E-state index contributed by atoms with van der Waals surface area (Å²) in [6.45, 7) is 2.09. The van der Waals surface area contributed by atoms with Crippen LogP contribution in [0, 0.1) is 0 Å². The Bertz CT molecular complexity index is 312.